The zero-order chi connectivity index (χ0) is 17.1. The Morgan fingerprint density at radius 2 is 2.08 bits per heavy atom. The van der Waals surface area contributed by atoms with Crippen molar-refractivity contribution in [2.75, 3.05) is 5.32 Å². The van der Waals surface area contributed by atoms with Gasteiger partial charge in [-0.2, -0.15) is 10.2 Å². The van der Waals surface area contributed by atoms with E-state index in [0.717, 1.165) is 5.69 Å². The van der Waals surface area contributed by atoms with Crippen LogP contribution < -0.4 is 5.32 Å². The number of nitrogens with one attached hydrogen (secondary N) is 1. The van der Waals surface area contributed by atoms with Crippen molar-refractivity contribution in [3.8, 4) is 5.82 Å². The third-order valence-corrected chi connectivity index (χ3v) is 3.20. The first kappa shape index (κ1) is 15.4. The van der Waals surface area contributed by atoms with Crippen LogP contribution in [-0.4, -0.2) is 41.7 Å². The highest BCUT2D eigenvalue weighted by molar-refractivity contribution is 5.92. The summed E-state index contributed by atoms with van der Waals surface area (Å²) >= 11 is 0. The largest absolute Gasteiger partial charge is 0.463 e. The predicted octanol–water partition coefficient (Wildman–Crippen LogP) is 1.48. The molecule has 0 aliphatic heterocycles. The van der Waals surface area contributed by atoms with E-state index in [-0.39, 0.29) is 18.1 Å². The minimum absolute atomic E-state index is 0.0522. The number of nitrogens with zero attached hydrogens (tertiary/aromatic N) is 5. The molecule has 0 unspecified atom stereocenters. The lowest BCUT2D eigenvalue weighted by Gasteiger charge is -2.04. The van der Waals surface area contributed by atoms with E-state index in [0.29, 0.717) is 16.1 Å². The van der Waals surface area contributed by atoms with Gasteiger partial charge >= 0.3 is 6.09 Å². The number of pyridine rings is 1. The van der Waals surface area contributed by atoms with Gasteiger partial charge in [-0.05, 0) is 24.6 Å². The van der Waals surface area contributed by atoms with E-state index in [1.54, 1.807) is 17.1 Å². The summed E-state index contributed by atoms with van der Waals surface area (Å²) in [6, 6.07) is 6.98. The van der Waals surface area contributed by atoms with E-state index < -0.39 is 6.09 Å². The Morgan fingerprint density at radius 3 is 2.83 bits per heavy atom. The number of anilines is 1. The standard InChI is InChI=1S/C15H14N6O3/c1-10-3-2-4-12(18-10)20-9-11(8-17-20)7-14(22)19-13-5-6-16-21(13)15(23)24/h2-6,8-9H,7H2,1H3,(H,19,22)(H,23,24). The fraction of sp³-hybridized carbons (Fsp3) is 0.133. The van der Waals surface area contributed by atoms with Crippen molar-refractivity contribution in [3.63, 3.8) is 0 Å². The van der Waals surface area contributed by atoms with Gasteiger partial charge in [-0.25, -0.2) is 14.5 Å². The maximum absolute atomic E-state index is 12.1. The molecule has 0 bridgehead atoms. The molecule has 122 valence electrons. The number of hydrogen-bond donors (Lipinski definition) is 2. The van der Waals surface area contributed by atoms with E-state index in [1.807, 2.05) is 25.1 Å². The topological polar surface area (TPSA) is 115 Å². The number of rotatable bonds is 4. The van der Waals surface area contributed by atoms with Crippen LogP contribution in [-0.2, 0) is 11.2 Å². The normalized spacial score (nSPS) is 10.5. The Labute approximate surface area is 136 Å². The number of hydrogen-bond acceptors (Lipinski definition) is 5. The number of carboxylic acid groups (broad SMARTS) is 1. The molecule has 0 aromatic carbocycles. The smallest absolute Gasteiger partial charge is 0.434 e. The summed E-state index contributed by atoms with van der Waals surface area (Å²) in [6.07, 6.45) is 3.35. The summed E-state index contributed by atoms with van der Waals surface area (Å²) in [7, 11) is 0. The maximum atomic E-state index is 12.1. The molecule has 3 aromatic heterocycles. The number of carbonyl (C=O) groups is 2. The van der Waals surface area contributed by atoms with Crippen molar-refractivity contribution in [2.24, 2.45) is 0 Å². The van der Waals surface area contributed by atoms with Gasteiger partial charge < -0.3 is 10.4 Å². The van der Waals surface area contributed by atoms with Gasteiger partial charge in [-0.1, -0.05) is 6.07 Å². The van der Waals surface area contributed by atoms with Gasteiger partial charge in [0.15, 0.2) is 5.82 Å². The summed E-state index contributed by atoms with van der Waals surface area (Å²) in [5.41, 5.74) is 1.54. The highest BCUT2D eigenvalue weighted by Crippen LogP contribution is 2.10. The Bertz CT molecular complexity index is 898. The molecular weight excluding hydrogens is 312 g/mol. The quantitative estimate of drug-likeness (QED) is 0.750. The first-order chi connectivity index (χ1) is 11.5. The fourth-order valence-corrected chi connectivity index (χ4v) is 2.16. The Morgan fingerprint density at radius 1 is 1.25 bits per heavy atom. The number of aryl methyl sites for hydroxylation is 1. The summed E-state index contributed by atoms with van der Waals surface area (Å²) in [5.74, 6) is 0.389. The van der Waals surface area contributed by atoms with Crippen molar-refractivity contribution in [3.05, 3.63) is 54.1 Å². The van der Waals surface area contributed by atoms with Gasteiger partial charge in [0.05, 0.1) is 18.8 Å². The van der Waals surface area contributed by atoms with E-state index in [1.165, 1.54) is 12.3 Å². The van der Waals surface area contributed by atoms with Crippen LogP contribution in [0.15, 0.2) is 42.9 Å². The molecule has 0 spiro atoms. The molecule has 0 atom stereocenters. The van der Waals surface area contributed by atoms with Crippen LogP contribution in [0.25, 0.3) is 5.82 Å². The molecule has 0 fully saturated rings. The van der Waals surface area contributed by atoms with E-state index in [9.17, 15) is 9.59 Å². The van der Waals surface area contributed by atoms with Crippen LogP contribution in [0.5, 0.6) is 0 Å². The molecule has 0 radical (unpaired) electrons. The summed E-state index contributed by atoms with van der Waals surface area (Å²) in [5, 5.41) is 19.2. The van der Waals surface area contributed by atoms with E-state index >= 15 is 0 Å². The zero-order valence-corrected chi connectivity index (χ0v) is 12.7. The highest BCUT2D eigenvalue weighted by atomic mass is 16.4. The lowest BCUT2D eigenvalue weighted by Crippen LogP contribution is -2.20. The van der Waals surface area contributed by atoms with Crippen molar-refractivity contribution in [1.82, 2.24) is 24.5 Å². The molecule has 9 nitrogen and oxygen atoms in total. The molecule has 0 saturated heterocycles. The molecule has 3 rings (SSSR count). The highest BCUT2D eigenvalue weighted by Gasteiger charge is 2.13. The molecule has 1 amide bonds. The second-order valence-electron chi connectivity index (χ2n) is 5.07. The van der Waals surface area contributed by atoms with Crippen molar-refractivity contribution >= 4 is 17.8 Å². The van der Waals surface area contributed by atoms with Crippen molar-refractivity contribution in [1.29, 1.82) is 0 Å². The van der Waals surface area contributed by atoms with Gasteiger partial charge in [0.2, 0.25) is 5.91 Å². The number of carbonyl (C=O) groups excluding carboxylic acids is 1. The minimum atomic E-state index is -1.27. The first-order valence-corrected chi connectivity index (χ1v) is 7.07. The van der Waals surface area contributed by atoms with Gasteiger partial charge in [0, 0.05) is 18.0 Å². The van der Waals surface area contributed by atoms with Crippen LogP contribution in [0, 0.1) is 6.92 Å². The maximum Gasteiger partial charge on any atom is 0.434 e. The molecule has 3 aromatic rings. The Kier molecular flexibility index (Phi) is 4.06. The molecular formula is C15H14N6O3. The van der Waals surface area contributed by atoms with Gasteiger partial charge in [-0.15, -0.1) is 4.68 Å². The molecule has 2 N–H and O–H groups in total. The summed E-state index contributed by atoms with van der Waals surface area (Å²) < 4.78 is 2.27. The van der Waals surface area contributed by atoms with Crippen LogP contribution >= 0.6 is 0 Å². The number of aromatic nitrogens is 5. The lowest BCUT2D eigenvalue weighted by atomic mass is 10.2. The molecule has 0 aliphatic carbocycles. The predicted molar refractivity (Wildman–Crippen MR) is 84.1 cm³/mol. The van der Waals surface area contributed by atoms with Gasteiger partial charge in [0.25, 0.3) is 0 Å². The van der Waals surface area contributed by atoms with Crippen LogP contribution in [0.4, 0.5) is 10.6 Å². The summed E-state index contributed by atoms with van der Waals surface area (Å²) in [6.45, 7) is 1.88. The van der Waals surface area contributed by atoms with Crippen LogP contribution in [0.1, 0.15) is 11.3 Å². The molecule has 24 heavy (non-hydrogen) atoms. The second-order valence-corrected chi connectivity index (χ2v) is 5.07. The average molecular weight is 326 g/mol. The minimum Gasteiger partial charge on any atom is -0.463 e. The average Bonchev–Trinajstić information content (AvgIpc) is 3.16. The van der Waals surface area contributed by atoms with Gasteiger partial charge in [-0.3, -0.25) is 4.79 Å². The lowest BCUT2D eigenvalue weighted by molar-refractivity contribution is -0.115. The third-order valence-electron chi connectivity index (χ3n) is 3.20. The molecule has 9 heteroatoms. The molecule has 0 aliphatic rings. The van der Waals surface area contributed by atoms with E-state index in [4.69, 9.17) is 5.11 Å². The van der Waals surface area contributed by atoms with Gasteiger partial charge in [0.1, 0.15) is 5.82 Å². The zero-order valence-electron chi connectivity index (χ0n) is 12.7. The summed E-state index contributed by atoms with van der Waals surface area (Å²) in [4.78, 5) is 27.3. The third kappa shape index (κ3) is 3.29. The van der Waals surface area contributed by atoms with Crippen LogP contribution in [0.3, 0.4) is 0 Å². The fourth-order valence-electron chi connectivity index (χ4n) is 2.16. The van der Waals surface area contributed by atoms with Crippen LogP contribution in [0.2, 0.25) is 0 Å². The molecule has 0 saturated carbocycles. The number of amides is 1. The Balaban J connectivity index is 1.69. The van der Waals surface area contributed by atoms with E-state index in [2.05, 4.69) is 20.5 Å². The second kappa shape index (κ2) is 6.32. The molecule has 3 heterocycles. The first-order valence-electron chi connectivity index (χ1n) is 7.07. The monoisotopic (exact) mass is 326 g/mol. The Hall–Kier alpha value is -3.49. The SMILES string of the molecule is Cc1cccc(-n2cc(CC(=O)Nc3ccnn3C(=O)O)cn2)n1. The van der Waals surface area contributed by atoms with Crippen molar-refractivity contribution < 1.29 is 14.7 Å². The van der Waals surface area contributed by atoms with Crippen molar-refractivity contribution in [2.45, 2.75) is 13.3 Å².